The number of nitrogens with zero attached hydrogens (tertiary/aromatic N) is 5. The van der Waals surface area contributed by atoms with E-state index in [1.165, 1.54) is 0 Å². The SMILES string of the molecule is Cc1cccc(Cn2cnc3c(cnn3CCNC(=O)Cc3cn(C)c4ccccc34)c2=O)c1. The number of hydrogen-bond donors (Lipinski definition) is 1. The van der Waals surface area contributed by atoms with Crippen LogP contribution in [0.25, 0.3) is 21.9 Å². The number of rotatable bonds is 7. The van der Waals surface area contributed by atoms with Gasteiger partial charge in [0.1, 0.15) is 11.7 Å². The maximum Gasteiger partial charge on any atom is 0.264 e. The van der Waals surface area contributed by atoms with Crippen molar-refractivity contribution >= 4 is 27.8 Å². The number of hydrogen-bond acceptors (Lipinski definition) is 4. The molecule has 0 atom stereocenters. The Bertz CT molecular complexity index is 1560. The summed E-state index contributed by atoms with van der Waals surface area (Å²) in [6.45, 7) is 3.31. The fraction of sp³-hybridized carbons (Fsp3) is 0.231. The summed E-state index contributed by atoms with van der Waals surface area (Å²) in [5.41, 5.74) is 4.69. The van der Waals surface area contributed by atoms with Gasteiger partial charge in [0.2, 0.25) is 5.91 Å². The molecule has 5 aromatic rings. The number of amides is 1. The average molecular weight is 455 g/mol. The molecule has 0 bridgehead atoms. The number of nitrogens with one attached hydrogen (secondary N) is 1. The summed E-state index contributed by atoms with van der Waals surface area (Å²) in [6.07, 6.45) is 5.42. The Hall–Kier alpha value is -4.20. The van der Waals surface area contributed by atoms with Gasteiger partial charge in [-0.25, -0.2) is 9.67 Å². The van der Waals surface area contributed by atoms with Gasteiger partial charge in [0.25, 0.3) is 5.56 Å². The van der Waals surface area contributed by atoms with E-state index in [1.807, 2.05) is 67.2 Å². The maximum absolute atomic E-state index is 12.9. The van der Waals surface area contributed by atoms with Crippen LogP contribution in [0.3, 0.4) is 0 Å². The minimum atomic E-state index is -0.127. The minimum Gasteiger partial charge on any atom is -0.354 e. The number of fused-ring (bicyclic) bond motifs is 2. The van der Waals surface area contributed by atoms with Crippen LogP contribution < -0.4 is 10.9 Å². The summed E-state index contributed by atoms with van der Waals surface area (Å²) in [5.74, 6) is -0.0544. The van der Waals surface area contributed by atoms with Crippen LogP contribution in [-0.2, 0) is 31.4 Å². The van der Waals surface area contributed by atoms with E-state index in [2.05, 4.69) is 21.5 Å². The summed E-state index contributed by atoms with van der Waals surface area (Å²) >= 11 is 0. The van der Waals surface area contributed by atoms with Gasteiger partial charge in [0.05, 0.1) is 25.7 Å². The van der Waals surface area contributed by atoms with Crippen LogP contribution >= 0.6 is 0 Å². The minimum absolute atomic E-state index is 0.0544. The molecular formula is C26H26N6O2. The monoisotopic (exact) mass is 454 g/mol. The van der Waals surface area contributed by atoms with Gasteiger partial charge in [-0.3, -0.25) is 14.2 Å². The third-order valence-electron chi connectivity index (χ3n) is 6.03. The summed E-state index contributed by atoms with van der Waals surface area (Å²) < 4.78 is 5.28. The molecule has 0 spiro atoms. The molecule has 0 aliphatic rings. The molecule has 0 aliphatic carbocycles. The molecule has 0 fully saturated rings. The van der Waals surface area contributed by atoms with Crippen LogP contribution in [0, 0.1) is 6.92 Å². The molecule has 2 aromatic carbocycles. The van der Waals surface area contributed by atoms with Crippen LogP contribution in [0.2, 0.25) is 0 Å². The van der Waals surface area contributed by atoms with Crippen LogP contribution in [0.4, 0.5) is 0 Å². The molecule has 0 saturated heterocycles. The fourth-order valence-electron chi connectivity index (χ4n) is 4.38. The predicted octanol–water partition coefficient (Wildman–Crippen LogP) is 2.80. The van der Waals surface area contributed by atoms with Gasteiger partial charge in [-0.05, 0) is 24.1 Å². The molecule has 5 rings (SSSR count). The largest absolute Gasteiger partial charge is 0.354 e. The Labute approximate surface area is 196 Å². The van der Waals surface area contributed by atoms with Crippen LogP contribution in [0.5, 0.6) is 0 Å². The first-order valence-electron chi connectivity index (χ1n) is 11.3. The molecule has 0 saturated carbocycles. The molecule has 8 heteroatoms. The first kappa shape index (κ1) is 21.6. The lowest BCUT2D eigenvalue weighted by Gasteiger charge is -2.08. The fourth-order valence-corrected chi connectivity index (χ4v) is 4.38. The highest BCUT2D eigenvalue weighted by molar-refractivity contribution is 5.89. The van der Waals surface area contributed by atoms with Crippen molar-refractivity contribution in [1.29, 1.82) is 0 Å². The highest BCUT2D eigenvalue weighted by atomic mass is 16.1. The zero-order valence-electron chi connectivity index (χ0n) is 19.2. The highest BCUT2D eigenvalue weighted by Gasteiger charge is 2.12. The Kier molecular flexibility index (Phi) is 5.71. The van der Waals surface area contributed by atoms with Gasteiger partial charge in [0.15, 0.2) is 5.65 Å². The normalized spacial score (nSPS) is 11.4. The van der Waals surface area contributed by atoms with Crippen LogP contribution in [0.1, 0.15) is 16.7 Å². The first-order chi connectivity index (χ1) is 16.5. The second-order valence-electron chi connectivity index (χ2n) is 8.58. The van der Waals surface area contributed by atoms with Crippen molar-refractivity contribution in [3.63, 3.8) is 0 Å². The molecule has 3 aromatic heterocycles. The molecule has 172 valence electrons. The Balaban J connectivity index is 1.24. The van der Waals surface area contributed by atoms with Crippen LogP contribution in [-0.4, -0.2) is 36.4 Å². The van der Waals surface area contributed by atoms with E-state index in [-0.39, 0.29) is 11.5 Å². The molecule has 34 heavy (non-hydrogen) atoms. The second kappa shape index (κ2) is 8.97. The van der Waals surface area contributed by atoms with E-state index in [4.69, 9.17) is 0 Å². The molecular weight excluding hydrogens is 428 g/mol. The predicted molar refractivity (Wildman–Crippen MR) is 132 cm³/mol. The molecule has 3 heterocycles. The molecule has 8 nitrogen and oxygen atoms in total. The Morgan fingerprint density at radius 3 is 2.79 bits per heavy atom. The quantitative estimate of drug-likeness (QED) is 0.410. The number of aryl methyl sites for hydroxylation is 2. The maximum atomic E-state index is 12.9. The van der Waals surface area contributed by atoms with Gasteiger partial charge >= 0.3 is 0 Å². The van der Waals surface area contributed by atoms with Gasteiger partial charge in [0, 0.05) is 30.7 Å². The van der Waals surface area contributed by atoms with Crippen molar-refractivity contribution < 1.29 is 4.79 Å². The van der Waals surface area contributed by atoms with Gasteiger partial charge in [-0.2, -0.15) is 5.10 Å². The Morgan fingerprint density at radius 1 is 1.09 bits per heavy atom. The van der Waals surface area contributed by atoms with Crippen molar-refractivity contribution in [3.8, 4) is 0 Å². The number of benzene rings is 2. The molecule has 0 unspecified atom stereocenters. The zero-order chi connectivity index (χ0) is 23.7. The smallest absolute Gasteiger partial charge is 0.264 e. The van der Waals surface area contributed by atoms with Gasteiger partial charge in [-0.1, -0.05) is 48.0 Å². The number of carbonyl (C=O) groups excluding carboxylic acids is 1. The number of aromatic nitrogens is 5. The number of carbonyl (C=O) groups is 1. The lowest BCUT2D eigenvalue weighted by molar-refractivity contribution is -0.120. The third kappa shape index (κ3) is 4.22. The molecule has 0 radical (unpaired) electrons. The summed E-state index contributed by atoms with van der Waals surface area (Å²) in [6, 6.07) is 16.1. The van der Waals surface area contributed by atoms with E-state index in [1.54, 1.807) is 21.8 Å². The van der Waals surface area contributed by atoms with E-state index >= 15 is 0 Å². The summed E-state index contributed by atoms with van der Waals surface area (Å²) in [7, 11) is 1.98. The van der Waals surface area contributed by atoms with Gasteiger partial charge in [-0.15, -0.1) is 0 Å². The van der Waals surface area contributed by atoms with Crippen molar-refractivity contribution in [1.82, 2.24) is 29.2 Å². The standard InChI is InChI=1S/C26H26N6O2/c1-18-6-5-7-19(12-18)15-31-17-28-25-22(26(31)34)14-29-32(25)11-10-27-24(33)13-20-16-30(2)23-9-4-3-8-21(20)23/h3-9,12,14,16-17H,10-11,13,15H2,1-2H3,(H,27,33). The second-order valence-corrected chi connectivity index (χ2v) is 8.58. The summed E-state index contributed by atoms with van der Waals surface area (Å²) in [4.78, 5) is 29.9. The number of para-hydroxylation sites is 1. The van der Waals surface area contributed by atoms with Gasteiger partial charge < -0.3 is 9.88 Å². The van der Waals surface area contributed by atoms with Crippen molar-refractivity contribution in [2.75, 3.05) is 6.54 Å². The van der Waals surface area contributed by atoms with Crippen LogP contribution in [0.15, 0.2) is 72.0 Å². The van der Waals surface area contributed by atoms with E-state index < -0.39 is 0 Å². The van der Waals surface area contributed by atoms with E-state index in [9.17, 15) is 9.59 Å². The van der Waals surface area contributed by atoms with Crippen molar-refractivity contribution in [3.05, 3.63) is 94.3 Å². The highest BCUT2D eigenvalue weighted by Crippen LogP contribution is 2.20. The van der Waals surface area contributed by atoms with Crippen molar-refractivity contribution in [2.24, 2.45) is 7.05 Å². The molecule has 0 aliphatic heterocycles. The van der Waals surface area contributed by atoms with Crippen molar-refractivity contribution in [2.45, 2.75) is 26.4 Å². The average Bonchev–Trinajstić information content (AvgIpc) is 3.37. The lowest BCUT2D eigenvalue weighted by Crippen LogP contribution is -2.29. The molecule has 1 N–H and O–H groups in total. The molecule has 1 amide bonds. The van der Waals surface area contributed by atoms with E-state index in [0.29, 0.717) is 37.1 Å². The third-order valence-corrected chi connectivity index (χ3v) is 6.03. The first-order valence-corrected chi connectivity index (χ1v) is 11.3. The van der Waals surface area contributed by atoms with E-state index in [0.717, 1.165) is 27.6 Å². The topological polar surface area (TPSA) is 86.7 Å². The lowest BCUT2D eigenvalue weighted by atomic mass is 10.1. The zero-order valence-corrected chi connectivity index (χ0v) is 19.2. The Morgan fingerprint density at radius 2 is 1.94 bits per heavy atom. The summed E-state index contributed by atoms with van der Waals surface area (Å²) in [5, 5.41) is 8.84.